The maximum Gasteiger partial charge on any atom is 0.308 e. The molecular formula is C37H54O5Si. The zero-order chi connectivity index (χ0) is 31.5. The van der Waals surface area contributed by atoms with E-state index in [0.29, 0.717) is 6.42 Å². The van der Waals surface area contributed by atoms with Crippen LogP contribution >= 0.6 is 0 Å². The molecule has 0 spiro atoms. The van der Waals surface area contributed by atoms with Gasteiger partial charge in [0.15, 0.2) is 5.79 Å². The van der Waals surface area contributed by atoms with Crippen LogP contribution in [0.4, 0.5) is 0 Å². The summed E-state index contributed by atoms with van der Waals surface area (Å²) in [5.41, 5.74) is 0. The number of carbonyl (C=O) groups is 1. The van der Waals surface area contributed by atoms with E-state index in [-0.39, 0.29) is 35.7 Å². The molecule has 43 heavy (non-hydrogen) atoms. The summed E-state index contributed by atoms with van der Waals surface area (Å²) in [5.74, 6) is -0.980. The van der Waals surface area contributed by atoms with Crippen LogP contribution in [-0.2, 0) is 23.4 Å². The highest BCUT2D eigenvalue weighted by atomic mass is 28.4. The maximum absolute atomic E-state index is 13.6. The molecule has 3 rings (SSSR count). The number of unbranched alkanes of at least 4 members (excludes halogenated alkanes) is 4. The molecule has 0 aliphatic carbocycles. The van der Waals surface area contributed by atoms with Crippen molar-refractivity contribution in [2.24, 2.45) is 0 Å². The van der Waals surface area contributed by atoms with Crippen molar-refractivity contribution in [2.75, 3.05) is 0 Å². The van der Waals surface area contributed by atoms with Crippen molar-refractivity contribution in [1.82, 2.24) is 0 Å². The zero-order valence-electron chi connectivity index (χ0n) is 27.3. The van der Waals surface area contributed by atoms with Crippen molar-refractivity contribution >= 4 is 24.7 Å². The third-order valence-electron chi connectivity index (χ3n) is 8.25. The Kier molecular flexibility index (Phi) is 13.0. The molecule has 0 unspecified atom stereocenters. The second-order valence-corrected chi connectivity index (χ2v) is 17.4. The number of rotatable bonds is 17. The Bertz CT molecular complexity index is 1100. The molecule has 2 aromatic rings. The summed E-state index contributed by atoms with van der Waals surface area (Å²) in [6.45, 7) is 20.7. The molecule has 1 saturated heterocycles. The zero-order valence-corrected chi connectivity index (χ0v) is 28.3. The average molecular weight is 607 g/mol. The minimum Gasteiger partial charge on any atom is -0.462 e. The molecule has 1 heterocycles. The number of benzene rings is 2. The lowest BCUT2D eigenvalue weighted by molar-refractivity contribution is -0.157. The first kappa shape index (κ1) is 35.0. The number of hydrogen-bond acceptors (Lipinski definition) is 5. The maximum atomic E-state index is 13.6. The lowest BCUT2D eigenvalue weighted by Crippen LogP contribution is -2.67. The molecule has 4 atom stereocenters. The fraction of sp³-hybridized carbons (Fsp3) is 0.541. The van der Waals surface area contributed by atoms with Crippen LogP contribution < -0.4 is 10.4 Å². The van der Waals surface area contributed by atoms with E-state index >= 15 is 0 Å². The molecule has 0 bridgehead atoms. The van der Waals surface area contributed by atoms with Crippen LogP contribution in [0, 0.1) is 0 Å². The summed E-state index contributed by atoms with van der Waals surface area (Å²) in [6, 6.07) is 20.9. The first-order valence-electron chi connectivity index (χ1n) is 16.0. The van der Waals surface area contributed by atoms with Gasteiger partial charge in [-0.1, -0.05) is 126 Å². The quantitative estimate of drug-likeness (QED) is 0.0794. The Balaban J connectivity index is 1.81. The van der Waals surface area contributed by atoms with Crippen LogP contribution in [0.3, 0.4) is 0 Å². The van der Waals surface area contributed by atoms with Gasteiger partial charge in [0.05, 0.1) is 18.6 Å². The van der Waals surface area contributed by atoms with Gasteiger partial charge in [-0.2, -0.15) is 0 Å². The van der Waals surface area contributed by atoms with E-state index in [0.717, 1.165) is 29.6 Å². The van der Waals surface area contributed by atoms with Crippen molar-refractivity contribution in [3.05, 3.63) is 86.0 Å². The van der Waals surface area contributed by atoms with Crippen LogP contribution in [0.2, 0.25) is 5.04 Å². The third-order valence-corrected chi connectivity index (χ3v) is 13.3. The van der Waals surface area contributed by atoms with E-state index in [1.807, 2.05) is 26.0 Å². The number of hydrogen-bond donors (Lipinski definition) is 0. The first-order valence-corrected chi connectivity index (χ1v) is 18.0. The smallest absolute Gasteiger partial charge is 0.308 e. The molecule has 236 valence electrons. The van der Waals surface area contributed by atoms with E-state index in [4.69, 9.17) is 18.6 Å². The van der Waals surface area contributed by atoms with Crippen molar-refractivity contribution < 1.29 is 23.4 Å². The van der Waals surface area contributed by atoms with Gasteiger partial charge in [-0.3, -0.25) is 4.79 Å². The van der Waals surface area contributed by atoms with Gasteiger partial charge in [-0.25, -0.2) is 0 Å². The lowest BCUT2D eigenvalue weighted by Gasteiger charge is -2.44. The highest BCUT2D eigenvalue weighted by Crippen LogP contribution is 2.38. The predicted octanol–water partition coefficient (Wildman–Crippen LogP) is 7.88. The SMILES string of the molecule is C=C[C@H](CC(=O)O[C@H](CCCCCCC)C[C@@H]1OC(C)(C)O[C@@H]1C=C)O[Si](c1ccccc1)(c1ccccc1)C(C)(C)C. The van der Waals surface area contributed by atoms with Crippen molar-refractivity contribution in [3.8, 4) is 0 Å². The average Bonchev–Trinajstić information content (AvgIpc) is 3.27. The molecule has 2 aromatic carbocycles. The van der Waals surface area contributed by atoms with Gasteiger partial charge < -0.3 is 18.6 Å². The number of esters is 1. The Morgan fingerprint density at radius 3 is 2.05 bits per heavy atom. The van der Waals surface area contributed by atoms with Gasteiger partial charge in [-0.15, -0.1) is 13.2 Å². The van der Waals surface area contributed by atoms with Gasteiger partial charge in [0.1, 0.15) is 12.2 Å². The first-order chi connectivity index (χ1) is 20.5. The largest absolute Gasteiger partial charge is 0.462 e. The minimum absolute atomic E-state index is 0.0960. The van der Waals surface area contributed by atoms with Gasteiger partial charge in [0.25, 0.3) is 8.32 Å². The molecule has 0 aromatic heterocycles. The fourth-order valence-electron chi connectivity index (χ4n) is 6.19. The molecule has 5 nitrogen and oxygen atoms in total. The molecule has 6 heteroatoms. The van der Waals surface area contributed by atoms with E-state index in [2.05, 4.69) is 89.4 Å². The predicted molar refractivity (Wildman–Crippen MR) is 179 cm³/mol. The van der Waals surface area contributed by atoms with Gasteiger partial charge in [0.2, 0.25) is 0 Å². The number of carbonyl (C=O) groups excluding carboxylic acids is 1. The summed E-state index contributed by atoms with van der Waals surface area (Å²) in [4.78, 5) is 13.6. The summed E-state index contributed by atoms with van der Waals surface area (Å²) in [7, 11) is -2.86. The number of ether oxygens (including phenoxy) is 3. The van der Waals surface area contributed by atoms with Crippen LogP contribution in [0.15, 0.2) is 86.0 Å². The lowest BCUT2D eigenvalue weighted by atomic mass is 10.0. The molecular weight excluding hydrogens is 552 g/mol. The standard InChI is InChI=1S/C37H54O5Si/c1-9-12-13-14-17-22-30(27-34-33(11-3)40-37(7,8)41-34)39-35(38)28-29(10-2)42-43(36(4,5)6,31-23-18-15-19-24-31)32-25-20-16-21-26-32/h10-11,15-16,18-21,23-26,29-30,33-34H,2-3,9,12-14,17,22,27-28H2,1,4-8H3/t29-,30-,33-,34+/m1/s1. The van der Waals surface area contributed by atoms with Gasteiger partial charge >= 0.3 is 5.97 Å². The molecule has 0 N–H and O–H groups in total. The monoisotopic (exact) mass is 606 g/mol. The van der Waals surface area contributed by atoms with Crippen LogP contribution in [0.25, 0.3) is 0 Å². The molecule has 0 radical (unpaired) electrons. The fourth-order valence-corrected chi connectivity index (χ4v) is 10.8. The minimum atomic E-state index is -2.86. The van der Waals surface area contributed by atoms with E-state index in [1.165, 1.54) is 19.3 Å². The Morgan fingerprint density at radius 1 is 0.953 bits per heavy atom. The van der Waals surface area contributed by atoms with Crippen LogP contribution in [0.1, 0.15) is 92.9 Å². The molecule has 0 amide bonds. The van der Waals surface area contributed by atoms with E-state index in [9.17, 15) is 4.79 Å². The second-order valence-electron chi connectivity index (χ2n) is 13.2. The molecule has 1 aliphatic heterocycles. The molecule has 1 aliphatic rings. The normalized spacial score (nSPS) is 19.9. The second kappa shape index (κ2) is 16.0. The third kappa shape index (κ3) is 9.49. The highest BCUT2D eigenvalue weighted by Gasteiger charge is 2.51. The van der Waals surface area contributed by atoms with Gasteiger partial charge in [0, 0.05) is 6.42 Å². The Hall–Kier alpha value is -2.51. The topological polar surface area (TPSA) is 54.0 Å². The summed E-state index contributed by atoms with van der Waals surface area (Å²) < 4.78 is 25.6. The summed E-state index contributed by atoms with van der Waals surface area (Å²) in [6.07, 6.45) is 9.45. The van der Waals surface area contributed by atoms with E-state index in [1.54, 1.807) is 12.2 Å². The van der Waals surface area contributed by atoms with Crippen molar-refractivity contribution in [3.63, 3.8) is 0 Å². The summed E-state index contributed by atoms with van der Waals surface area (Å²) >= 11 is 0. The Labute approximate surface area is 261 Å². The van der Waals surface area contributed by atoms with Crippen molar-refractivity contribution in [1.29, 1.82) is 0 Å². The van der Waals surface area contributed by atoms with E-state index < -0.39 is 20.2 Å². The van der Waals surface area contributed by atoms with Crippen molar-refractivity contribution in [2.45, 2.75) is 128 Å². The van der Waals surface area contributed by atoms with Gasteiger partial charge in [-0.05, 0) is 42.1 Å². The molecule has 0 saturated carbocycles. The molecule has 1 fully saturated rings. The highest BCUT2D eigenvalue weighted by molar-refractivity contribution is 6.99. The van der Waals surface area contributed by atoms with Crippen LogP contribution in [0.5, 0.6) is 0 Å². The summed E-state index contributed by atoms with van der Waals surface area (Å²) in [5, 5.41) is 2.11. The van der Waals surface area contributed by atoms with Crippen LogP contribution in [-0.4, -0.2) is 44.5 Å². The Morgan fingerprint density at radius 2 is 1.53 bits per heavy atom.